The zero-order valence-corrected chi connectivity index (χ0v) is 13.3. The monoisotopic (exact) mass is 291 g/mol. The molecule has 0 aromatic carbocycles. The molecule has 0 N–H and O–H groups in total. The topological polar surface area (TPSA) is 55.3 Å². The summed E-state index contributed by atoms with van der Waals surface area (Å²) in [6.07, 6.45) is 4.59. The molecule has 0 saturated carbocycles. The third-order valence-corrected chi connectivity index (χ3v) is 3.71. The van der Waals surface area contributed by atoms with Crippen LogP contribution in [0.25, 0.3) is 0 Å². The second-order valence-corrected chi connectivity index (χ2v) is 5.76. The summed E-state index contributed by atoms with van der Waals surface area (Å²) in [6, 6.07) is 2.36. The molecule has 1 saturated heterocycles. The first kappa shape index (κ1) is 15.7. The molecule has 0 radical (unpaired) electrons. The van der Waals surface area contributed by atoms with Crippen LogP contribution in [0.5, 0.6) is 6.01 Å². The minimum Gasteiger partial charge on any atom is -0.458 e. The van der Waals surface area contributed by atoms with Crippen LogP contribution in [0.4, 0.5) is 0 Å². The van der Waals surface area contributed by atoms with Gasteiger partial charge in [-0.25, -0.2) is 9.97 Å². The second-order valence-electron chi connectivity index (χ2n) is 5.76. The van der Waals surface area contributed by atoms with Crippen molar-refractivity contribution >= 4 is 5.91 Å². The van der Waals surface area contributed by atoms with E-state index in [-0.39, 0.29) is 12.0 Å². The van der Waals surface area contributed by atoms with Crippen molar-refractivity contribution in [2.45, 2.75) is 59.0 Å². The molecule has 1 aliphatic heterocycles. The number of piperidine rings is 1. The molecule has 1 aromatic heterocycles. The summed E-state index contributed by atoms with van der Waals surface area (Å²) in [5, 5.41) is 0. The van der Waals surface area contributed by atoms with Crippen molar-refractivity contribution < 1.29 is 9.53 Å². The van der Waals surface area contributed by atoms with Crippen molar-refractivity contribution in [2.24, 2.45) is 0 Å². The van der Waals surface area contributed by atoms with Crippen LogP contribution in [0.2, 0.25) is 0 Å². The summed E-state index contributed by atoms with van der Waals surface area (Å²) in [4.78, 5) is 22.6. The smallest absolute Gasteiger partial charge is 0.317 e. The Bertz CT molecular complexity index is 470. The second kappa shape index (κ2) is 7.38. The predicted molar refractivity (Wildman–Crippen MR) is 81.3 cm³/mol. The Morgan fingerprint density at radius 3 is 2.76 bits per heavy atom. The van der Waals surface area contributed by atoms with E-state index in [9.17, 15) is 4.79 Å². The Morgan fingerprint density at radius 1 is 1.38 bits per heavy atom. The fourth-order valence-corrected chi connectivity index (χ4v) is 2.64. The number of rotatable bonds is 5. The lowest BCUT2D eigenvalue weighted by Crippen LogP contribution is -2.44. The molecule has 0 aliphatic carbocycles. The van der Waals surface area contributed by atoms with Gasteiger partial charge in [-0.2, -0.15) is 0 Å². The summed E-state index contributed by atoms with van der Waals surface area (Å²) in [5.74, 6) is 0.242. The highest BCUT2D eigenvalue weighted by atomic mass is 16.5. The van der Waals surface area contributed by atoms with Gasteiger partial charge in [-0.15, -0.1) is 0 Å². The predicted octanol–water partition coefficient (Wildman–Crippen LogP) is 2.65. The van der Waals surface area contributed by atoms with E-state index >= 15 is 0 Å². The van der Waals surface area contributed by atoms with Gasteiger partial charge in [0.2, 0.25) is 5.91 Å². The summed E-state index contributed by atoms with van der Waals surface area (Å²) in [6.45, 7) is 7.47. The number of ether oxygens (including phenoxy) is 1. The normalized spacial score (nSPS) is 18.6. The molecule has 1 atom stereocenters. The van der Waals surface area contributed by atoms with Gasteiger partial charge < -0.3 is 9.64 Å². The van der Waals surface area contributed by atoms with Crippen LogP contribution in [-0.4, -0.2) is 40.0 Å². The number of unbranched alkanes of at least 4 members (excludes halogenated alkanes) is 1. The van der Waals surface area contributed by atoms with Crippen molar-refractivity contribution in [1.82, 2.24) is 14.9 Å². The molecule has 1 aliphatic rings. The van der Waals surface area contributed by atoms with Gasteiger partial charge in [-0.05, 0) is 39.2 Å². The van der Waals surface area contributed by atoms with Crippen molar-refractivity contribution in [3.8, 4) is 6.01 Å². The fourth-order valence-electron chi connectivity index (χ4n) is 2.64. The first-order valence-electron chi connectivity index (χ1n) is 7.85. The molecule has 5 nitrogen and oxygen atoms in total. The molecule has 1 fully saturated rings. The molecular formula is C16H25N3O2. The van der Waals surface area contributed by atoms with E-state index in [4.69, 9.17) is 4.74 Å². The summed E-state index contributed by atoms with van der Waals surface area (Å²) in [7, 11) is 0. The maximum atomic E-state index is 12.1. The lowest BCUT2D eigenvalue weighted by molar-refractivity contribution is -0.134. The van der Waals surface area contributed by atoms with Crippen LogP contribution in [-0.2, 0) is 4.79 Å². The Morgan fingerprint density at radius 2 is 2.10 bits per heavy atom. The highest BCUT2D eigenvalue weighted by Gasteiger charge is 2.25. The molecule has 1 unspecified atom stereocenters. The molecule has 116 valence electrons. The lowest BCUT2D eigenvalue weighted by Gasteiger charge is -2.32. The van der Waals surface area contributed by atoms with E-state index < -0.39 is 0 Å². The minimum atomic E-state index is 0.00512. The number of carbonyl (C=O) groups is 1. The van der Waals surface area contributed by atoms with Crippen LogP contribution < -0.4 is 4.74 Å². The van der Waals surface area contributed by atoms with Crippen LogP contribution in [0.3, 0.4) is 0 Å². The maximum absolute atomic E-state index is 12.1. The van der Waals surface area contributed by atoms with Crippen molar-refractivity contribution in [3.05, 3.63) is 17.5 Å². The van der Waals surface area contributed by atoms with Gasteiger partial charge in [-0.3, -0.25) is 4.79 Å². The molecule has 0 bridgehead atoms. The molecule has 2 heterocycles. The first-order valence-corrected chi connectivity index (χ1v) is 7.85. The largest absolute Gasteiger partial charge is 0.458 e. The molecule has 1 aromatic rings. The van der Waals surface area contributed by atoms with E-state index in [1.807, 2.05) is 24.8 Å². The van der Waals surface area contributed by atoms with E-state index in [0.29, 0.717) is 19.0 Å². The van der Waals surface area contributed by atoms with Crippen molar-refractivity contribution in [2.75, 3.05) is 13.1 Å². The van der Waals surface area contributed by atoms with E-state index in [0.717, 1.165) is 43.6 Å². The zero-order valence-electron chi connectivity index (χ0n) is 13.3. The molecular weight excluding hydrogens is 266 g/mol. The fraction of sp³-hybridized carbons (Fsp3) is 0.688. The number of likely N-dealkylation sites (tertiary alicyclic amines) is 1. The van der Waals surface area contributed by atoms with Crippen LogP contribution >= 0.6 is 0 Å². The molecule has 1 amide bonds. The number of aromatic nitrogens is 2. The maximum Gasteiger partial charge on any atom is 0.317 e. The van der Waals surface area contributed by atoms with Gasteiger partial charge >= 0.3 is 6.01 Å². The van der Waals surface area contributed by atoms with Gasteiger partial charge in [0.25, 0.3) is 0 Å². The van der Waals surface area contributed by atoms with Crippen LogP contribution in [0.1, 0.15) is 50.4 Å². The summed E-state index contributed by atoms with van der Waals surface area (Å²) < 4.78 is 5.89. The number of carbonyl (C=O) groups excluding carboxylic acids is 1. The molecule has 21 heavy (non-hydrogen) atoms. The molecule has 5 heteroatoms. The van der Waals surface area contributed by atoms with Crippen molar-refractivity contribution in [1.29, 1.82) is 0 Å². The standard InChI is InChI=1S/C16H25N3O2/c1-4-5-8-15(20)19-9-6-7-14(11-19)21-16-17-12(2)10-13(3)18-16/h10,14H,4-9,11H2,1-3H3. The summed E-state index contributed by atoms with van der Waals surface area (Å²) in [5.41, 5.74) is 1.81. The number of hydrogen-bond donors (Lipinski definition) is 0. The highest BCUT2D eigenvalue weighted by Crippen LogP contribution is 2.17. The third kappa shape index (κ3) is 4.69. The Balaban J connectivity index is 1.93. The Kier molecular flexibility index (Phi) is 5.53. The van der Waals surface area contributed by atoms with Gasteiger partial charge in [0, 0.05) is 24.4 Å². The average Bonchev–Trinajstić information content (AvgIpc) is 2.44. The van der Waals surface area contributed by atoms with Crippen LogP contribution in [0, 0.1) is 13.8 Å². The van der Waals surface area contributed by atoms with Gasteiger partial charge in [0.05, 0.1) is 6.54 Å². The first-order chi connectivity index (χ1) is 10.1. The number of nitrogens with zero attached hydrogens (tertiary/aromatic N) is 3. The summed E-state index contributed by atoms with van der Waals surface area (Å²) >= 11 is 0. The lowest BCUT2D eigenvalue weighted by atomic mass is 10.1. The van der Waals surface area contributed by atoms with E-state index in [1.165, 1.54) is 0 Å². The van der Waals surface area contributed by atoms with Crippen molar-refractivity contribution in [3.63, 3.8) is 0 Å². The van der Waals surface area contributed by atoms with Crippen LogP contribution in [0.15, 0.2) is 6.07 Å². The number of aryl methyl sites for hydroxylation is 2. The Labute approximate surface area is 126 Å². The number of hydrogen-bond acceptors (Lipinski definition) is 4. The zero-order chi connectivity index (χ0) is 15.2. The number of amides is 1. The molecule has 0 spiro atoms. The average molecular weight is 291 g/mol. The van der Waals surface area contributed by atoms with E-state index in [1.54, 1.807) is 0 Å². The third-order valence-electron chi connectivity index (χ3n) is 3.71. The van der Waals surface area contributed by atoms with Gasteiger partial charge in [-0.1, -0.05) is 13.3 Å². The quantitative estimate of drug-likeness (QED) is 0.837. The van der Waals surface area contributed by atoms with Gasteiger partial charge in [0.1, 0.15) is 6.10 Å². The van der Waals surface area contributed by atoms with Gasteiger partial charge in [0.15, 0.2) is 0 Å². The minimum absolute atomic E-state index is 0.00512. The Hall–Kier alpha value is -1.65. The molecule has 2 rings (SSSR count). The SMILES string of the molecule is CCCCC(=O)N1CCCC(Oc2nc(C)cc(C)n2)C1. The highest BCUT2D eigenvalue weighted by molar-refractivity contribution is 5.76. The van der Waals surface area contributed by atoms with E-state index in [2.05, 4.69) is 16.9 Å².